The van der Waals surface area contributed by atoms with Crippen LogP contribution in [0.25, 0.3) is 11.3 Å². The van der Waals surface area contributed by atoms with Gasteiger partial charge in [0.2, 0.25) is 0 Å². The lowest BCUT2D eigenvalue weighted by molar-refractivity contribution is 0.102. The fraction of sp³-hybridized carbons (Fsp3) is 0.167. The first-order valence-corrected chi connectivity index (χ1v) is 7.87. The fourth-order valence-electron chi connectivity index (χ4n) is 2.80. The molecule has 0 fully saturated rings. The van der Waals surface area contributed by atoms with Crippen molar-refractivity contribution >= 4 is 11.6 Å². The first-order chi connectivity index (χ1) is 12.1. The number of pyridine rings is 1. The van der Waals surface area contributed by atoms with Gasteiger partial charge in [0.25, 0.3) is 11.5 Å². The number of imidazole rings is 1. The van der Waals surface area contributed by atoms with Crippen LogP contribution in [0, 0.1) is 0 Å². The highest BCUT2D eigenvalue weighted by atomic mass is 16.5. The normalized spacial score (nSPS) is 12.5. The zero-order valence-electron chi connectivity index (χ0n) is 13.6. The molecule has 0 aliphatic carbocycles. The maximum absolute atomic E-state index is 12.5. The van der Waals surface area contributed by atoms with Crippen LogP contribution in [-0.4, -0.2) is 26.6 Å². The topological polar surface area (TPSA) is 78.2 Å². The average molecular weight is 336 g/mol. The van der Waals surface area contributed by atoms with E-state index in [1.165, 1.54) is 10.6 Å². The summed E-state index contributed by atoms with van der Waals surface area (Å²) in [5.41, 5.74) is 2.50. The molecule has 1 amide bonds. The summed E-state index contributed by atoms with van der Waals surface area (Å²) in [7, 11) is 1.66. The Bertz CT molecular complexity index is 1020. The van der Waals surface area contributed by atoms with Gasteiger partial charge in [-0.3, -0.25) is 9.59 Å². The highest BCUT2D eigenvalue weighted by Gasteiger charge is 2.18. The van der Waals surface area contributed by atoms with Gasteiger partial charge >= 0.3 is 0 Å². The number of aromatic nitrogens is 3. The Balaban J connectivity index is 1.67. The van der Waals surface area contributed by atoms with E-state index in [4.69, 9.17) is 4.74 Å². The van der Waals surface area contributed by atoms with Crippen LogP contribution in [0.1, 0.15) is 10.4 Å². The van der Waals surface area contributed by atoms with Crippen molar-refractivity contribution in [2.24, 2.45) is 7.05 Å². The standard InChI is InChI=1S/C18H16N4O3/c1-21-5-4-13(9-17(21)23)20-18(24)12-2-3-16-14(8-12)15-10-19-11-22(15)6-7-25-16/h2-5,8-11H,6-7H2,1H3,(H,20,24). The predicted molar refractivity (Wildman–Crippen MR) is 92.8 cm³/mol. The summed E-state index contributed by atoms with van der Waals surface area (Å²) >= 11 is 0. The third-order valence-corrected chi connectivity index (χ3v) is 4.18. The smallest absolute Gasteiger partial charge is 0.255 e. The molecule has 0 saturated carbocycles. The van der Waals surface area contributed by atoms with Crippen molar-refractivity contribution in [1.29, 1.82) is 0 Å². The lowest BCUT2D eigenvalue weighted by Gasteiger charge is -2.10. The number of nitrogens with zero attached hydrogens (tertiary/aromatic N) is 3. The third kappa shape index (κ3) is 2.80. The Morgan fingerprint density at radius 1 is 1.28 bits per heavy atom. The van der Waals surface area contributed by atoms with E-state index in [-0.39, 0.29) is 11.5 Å². The molecule has 0 spiro atoms. The molecule has 3 heterocycles. The molecule has 1 N–H and O–H groups in total. The quantitative estimate of drug-likeness (QED) is 0.775. The molecule has 0 radical (unpaired) electrons. The summed E-state index contributed by atoms with van der Waals surface area (Å²) in [6, 6.07) is 8.35. The molecule has 0 unspecified atom stereocenters. The number of amides is 1. The molecule has 2 aromatic heterocycles. The van der Waals surface area contributed by atoms with E-state index in [9.17, 15) is 9.59 Å². The summed E-state index contributed by atoms with van der Waals surface area (Å²) in [6.45, 7) is 1.26. The van der Waals surface area contributed by atoms with Gasteiger partial charge in [-0.15, -0.1) is 0 Å². The minimum Gasteiger partial charge on any atom is -0.491 e. The van der Waals surface area contributed by atoms with Crippen LogP contribution in [0.3, 0.4) is 0 Å². The van der Waals surface area contributed by atoms with Crippen molar-refractivity contribution in [3.63, 3.8) is 0 Å². The molecular weight excluding hydrogens is 320 g/mol. The highest BCUT2D eigenvalue weighted by Crippen LogP contribution is 2.33. The Labute approximate surface area is 143 Å². The van der Waals surface area contributed by atoms with Gasteiger partial charge in [0, 0.05) is 36.1 Å². The summed E-state index contributed by atoms with van der Waals surface area (Å²) in [4.78, 5) is 28.4. The van der Waals surface area contributed by atoms with Crippen LogP contribution in [0.5, 0.6) is 5.75 Å². The minimum absolute atomic E-state index is 0.183. The number of carbonyl (C=O) groups excluding carboxylic acids is 1. The van der Waals surface area contributed by atoms with Gasteiger partial charge in [-0.25, -0.2) is 4.98 Å². The number of hydrogen-bond donors (Lipinski definition) is 1. The van der Waals surface area contributed by atoms with Gasteiger partial charge in [0.1, 0.15) is 12.4 Å². The maximum atomic E-state index is 12.5. The second-order valence-electron chi connectivity index (χ2n) is 5.85. The van der Waals surface area contributed by atoms with Crippen LogP contribution in [0.4, 0.5) is 5.69 Å². The molecule has 0 saturated heterocycles. The third-order valence-electron chi connectivity index (χ3n) is 4.18. The molecule has 4 rings (SSSR count). The van der Waals surface area contributed by atoms with Crippen LogP contribution in [-0.2, 0) is 13.6 Å². The Hall–Kier alpha value is -3.35. The van der Waals surface area contributed by atoms with Gasteiger partial charge in [-0.05, 0) is 24.3 Å². The number of fused-ring (bicyclic) bond motifs is 3. The Kier molecular flexibility index (Phi) is 3.61. The number of nitrogens with one attached hydrogen (secondary N) is 1. The number of carbonyl (C=O) groups is 1. The molecule has 7 nitrogen and oxygen atoms in total. The second kappa shape index (κ2) is 5.94. The molecule has 1 aliphatic rings. The number of rotatable bonds is 2. The van der Waals surface area contributed by atoms with Crippen molar-refractivity contribution in [2.45, 2.75) is 6.54 Å². The molecule has 7 heteroatoms. The second-order valence-corrected chi connectivity index (χ2v) is 5.85. The first kappa shape index (κ1) is 15.2. The summed E-state index contributed by atoms with van der Waals surface area (Å²) in [5, 5.41) is 2.75. The van der Waals surface area contributed by atoms with Crippen LogP contribution >= 0.6 is 0 Å². The van der Waals surface area contributed by atoms with Crippen LogP contribution < -0.4 is 15.6 Å². The van der Waals surface area contributed by atoms with Crippen molar-refractivity contribution in [1.82, 2.24) is 14.1 Å². The highest BCUT2D eigenvalue weighted by molar-refractivity contribution is 6.05. The van der Waals surface area contributed by atoms with E-state index in [1.807, 2.05) is 4.57 Å². The van der Waals surface area contributed by atoms with Crippen molar-refractivity contribution in [3.05, 3.63) is 65.0 Å². The van der Waals surface area contributed by atoms with E-state index < -0.39 is 0 Å². The van der Waals surface area contributed by atoms with E-state index in [0.29, 0.717) is 24.4 Å². The number of hydrogen-bond acceptors (Lipinski definition) is 4. The van der Waals surface area contributed by atoms with E-state index in [1.54, 1.807) is 50.0 Å². The lowest BCUT2D eigenvalue weighted by Crippen LogP contribution is -2.18. The molecule has 126 valence electrons. The number of aryl methyl sites for hydroxylation is 1. The van der Waals surface area contributed by atoms with Gasteiger partial charge in [0.15, 0.2) is 0 Å². The van der Waals surface area contributed by atoms with Crippen molar-refractivity contribution < 1.29 is 9.53 Å². The molecule has 1 aliphatic heterocycles. The van der Waals surface area contributed by atoms with Crippen LogP contribution in [0.2, 0.25) is 0 Å². The van der Waals surface area contributed by atoms with Gasteiger partial charge in [-0.1, -0.05) is 0 Å². The lowest BCUT2D eigenvalue weighted by atomic mass is 10.1. The van der Waals surface area contributed by atoms with E-state index >= 15 is 0 Å². The van der Waals surface area contributed by atoms with Crippen molar-refractivity contribution in [3.8, 4) is 17.0 Å². The average Bonchev–Trinajstić information content (AvgIpc) is 3.00. The SMILES string of the molecule is Cn1ccc(NC(=O)c2ccc3c(c2)-c2cncn2CCO3)cc1=O. The molecule has 3 aromatic rings. The van der Waals surface area contributed by atoms with E-state index in [2.05, 4.69) is 10.3 Å². The van der Waals surface area contributed by atoms with Gasteiger partial charge in [-0.2, -0.15) is 0 Å². The number of benzene rings is 1. The maximum Gasteiger partial charge on any atom is 0.255 e. The molecule has 25 heavy (non-hydrogen) atoms. The summed E-state index contributed by atoms with van der Waals surface area (Å²) in [6.07, 6.45) is 5.12. The fourth-order valence-corrected chi connectivity index (χ4v) is 2.80. The van der Waals surface area contributed by atoms with Crippen LogP contribution in [0.15, 0.2) is 53.8 Å². The number of ether oxygens (including phenoxy) is 1. The summed E-state index contributed by atoms with van der Waals surface area (Å²) in [5.74, 6) is 0.441. The first-order valence-electron chi connectivity index (χ1n) is 7.87. The molecular formula is C18H16N4O3. The molecule has 1 aromatic carbocycles. The molecule has 0 atom stereocenters. The van der Waals surface area contributed by atoms with Crippen molar-refractivity contribution in [2.75, 3.05) is 11.9 Å². The number of anilines is 1. The zero-order valence-corrected chi connectivity index (χ0v) is 13.6. The monoisotopic (exact) mass is 336 g/mol. The molecule has 0 bridgehead atoms. The minimum atomic E-state index is -0.286. The Morgan fingerprint density at radius 3 is 3.00 bits per heavy atom. The predicted octanol–water partition coefficient (Wildman–Crippen LogP) is 1.89. The van der Waals surface area contributed by atoms with Gasteiger partial charge < -0.3 is 19.2 Å². The summed E-state index contributed by atoms with van der Waals surface area (Å²) < 4.78 is 9.18. The zero-order chi connectivity index (χ0) is 17.4. The van der Waals surface area contributed by atoms with E-state index in [0.717, 1.165) is 17.0 Å². The van der Waals surface area contributed by atoms with Gasteiger partial charge in [0.05, 0.1) is 24.8 Å². The Morgan fingerprint density at radius 2 is 2.16 bits per heavy atom. The largest absolute Gasteiger partial charge is 0.491 e.